The minimum Gasteiger partial charge on any atom is -0.394 e. The van der Waals surface area contributed by atoms with Gasteiger partial charge in [0.2, 0.25) is 0 Å². The van der Waals surface area contributed by atoms with E-state index in [-0.39, 0.29) is 18.8 Å². The molecule has 0 aromatic heterocycles. The van der Waals surface area contributed by atoms with Crippen molar-refractivity contribution in [2.45, 2.75) is 37.0 Å². The molecular weight excluding hydrogens is 250 g/mol. The second-order valence-corrected chi connectivity index (χ2v) is 4.42. The van der Waals surface area contributed by atoms with Crippen LogP contribution in [0.15, 0.2) is 12.4 Å². The number of ether oxygens (including phenoxy) is 1. The van der Waals surface area contributed by atoms with Gasteiger partial charge in [-0.3, -0.25) is 0 Å². The van der Waals surface area contributed by atoms with Gasteiger partial charge >= 0.3 is 5.92 Å². The first kappa shape index (κ1) is 13.5. The molecule has 4 atom stereocenters. The van der Waals surface area contributed by atoms with Gasteiger partial charge in [-0.15, -0.1) is 0 Å². The summed E-state index contributed by atoms with van der Waals surface area (Å²) in [6, 6.07) is 0. The van der Waals surface area contributed by atoms with Crippen molar-refractivity contribution in [1.82, 2.24) is 10.2 Å². The average Bonchev–Trinajstić information content (AvgIpc) is 2.52. The first-order chi connectivity index (χ1) is 8.37. The van der Waals surface area contributed by atoms with Gasteiger partial charge in [-0.05, 0) is 0 Å². The Hall–Kier alpha value is -0.960. The molecule has 4 N–H and O–H groups in total. The molecule has 8 heteroatoms. The first-order valence-electron chi connectivity index (χ1n) is 5.60. The lowest BCUT2D eigenvalue weighted by Gasteiger charge is -2.39. The minimum atomic E-state index is -3.51. The van der Waals surface area contributed by atoms with Crippen LogP contribution < -0.4 is 5.32 Å². The molecule has 2 aliphatic heterocycles. The largest absolute Gasteiger partial charge is 0.394 e. The van der Waals surface area contributed by atoms with E-state index < -0.39 is 37.2 Å². The molecule has 1 unspecified atom stereocenters. The SMILES string of the molecule is C=C1NC(O)CCN1[C@@H]1O[C@H](CO)[C@@H](O)C1(F)F. The van der Waals surface area contributed by atoms with Gasteiger partial charge in [0.05, 0.1) is 12.4 Å². The van der Waals surface area contributed by atoms with E-state index in [9.17, 15) is 19.0 Å². The quantitative estimate of drug-likeness (QED) is 0.501. The maximum Gasteiger partial charge on any atom is 0.319 e. The number of rotatable bonds is 2. The highest BCUT2D eigenvalue weighted by atomic mass is 19.3. The van der Waals surface area contributed by atoms with Gasteiger partial charge in [0, 0.05) is 13.0 Å². The van der Waals surface area contributed by atoms with Gasteiger partial charge < -0.3 is 30.3 Å². The van der Waals surface area contributed by atoms with E-state index in [2.05, 4.69) is 11.9 Å². The fourth-order valence-electron chi connectivity index (χ4n) is 2.15. The van der Waals surface area contributed by atoms with Crippen molar-refractivity contribution in [3.05, 3.63) is 12.4 Å². The zero-order chi connectivity index (χ0) is 13.5. The monoisotopic (exact) mass is 266 g/mol. The summed E-state index contributed by atoms with van der Waals surface area (Å²) in [5.41, 5.74) is 0. The molecule has 0 aromatic carbocycles. The summed E-state index contributed by atoms with van der Waals surface area (Å²) >= 11 is 0. The van der Waals surface area contributed by atoms with Crippen LogP contribution in [0.5, 0.6) is 0 Å². The Morgan fingerprint density at radius 3 is 2.67 bits per heavy atom. The van der Waals surface area contributed by atoms with Crippen LogP contribution in [0.4, 0.5) is 8.78 Å². The molecule has 18 heavy (non-hydrogen) atoms. The van der Waals surface area contributed by atoms with Crippen LogP contribution in [-0.4, -0.2) is 64.0 Å². The highest BCUT2D eigenvalue weighted by Crippen LogP contribution is 2.39. The molecule has 0 amide bonds. The van der Waals surface area contributed by atoms with Crippen molar-refractivity contribution in [2.24, 2.45) is 0 Å². The lowest BCUT2D eigenvalue weighted by Crippen LogP contribution is -2.55. The topological polar surface area (TPSA) is 85.2 Å². The van der Waals surface area contributed by atoms with Crippen LogP contribution in [0, 0.1) is 0 Å². The minimum absolute atomic E-state index is 0.101. The Kier molecular flexibility index (Phi) is 3.45. The first-order valence-corrected chi connectivity index (χ1v) is 5.60. The molecule has 2 saturated heterocycles. The van der Waals surface area contributed by atoms with Gasteiger partial charge in [0.25, 0.3) is 0 Å². The smallest absolute Gasteiger partial charge is 0.319 e. The molecule has 0 radical (unpaired) electrons. The number of aliphatic hydroxyl groups is 3. The molecule has 0 aliphatic carbocycles. The van der Waals surface area contributed by atoms with Crippen LogP contribution in [0.1, 0.15) is 6.42 Å². The molecule has 2 heterocycles. The lowest BCUT2D eigenvalue weighted by atomic mass is 10.1. The van der Waals surface area contributed by atoms with Crippen LogP contribution in [0.3, 0.4) is 0 Å². The van der Waals surface area contributed by atoms with E-state index in [1.807, 2.05) is 0 Å². The Morgan fingerprint density at radius 1 is 1.50 bits per heavy atom. The van der Waals surface area contributed by atoms with Crippen molar-refractivity contribution in [1.29, 1.82) is 0 Å². The summed E-state index contributed by atoms with van der Waals surface area (Å²) < 4.78 is 32.6. The summed E-state index contributed by atoms with van der Waals surface area (Å²) in [4.78, 5) is 1.14. The predicted octanol–water partition coefficient (Wildman–Crippen LogP) is -1.22. The standard InChI is InChI=1S/C10H16F2N2O4/c1-5-13-7(16)2-3-14(5)9-10(11,12)8(17)6(4-15)18-9/h6-9,13,15-17H,1-4H2/t6-,7?,8-,9-/m1/s1. The third-order valence-corrected chi connectivity index (χ3v) is 3.17. The summed E-state index contributed by atoms with van der Waals surface area (Å²) in [5.74, 6) is -3.41. The van der Waals surface area contributed by atoms with E-state index >= 15 is 0 Å². The maximum atomic E-state index is 13.8. The number of nitrogens with zero attached hydrogens (tertiary/aromatic N) is 1. The molecule has 6 nitrogen and oxygen atoms in total. The van der Waals surface area contributed by atoms with E-state index in [4.69, 9.17) is 9.84 Å². The third-order valence-electron chi connectivity index (χ3n) is 3.17. The van der Waals surface area contributed by atoms with Gasteiger partial charge in [-0.1, -0.05) is 6.58 Å². The van der Waals surface area contributed by atoms with Gasteiger partial charge in [-0.2, -0.15) is 8.78 Å². The van der Waals surface area contributed by atoms with E-state index in [0.717, 1.165) is 4.90 Å². The Morgan fingerprint density at radius 2 is 2.17 bits per heavy atom. The van der Waals surface area contributed by atoms with Crippen molar-refractivity contribution in [3.63, 3.8) is 0 Å². The van der Waals surface area contributed by atoms with Crippen molar-refractivity contribution < 1.29 is 28.8 Å². The molecular formula is C10H16F2N2O4. The average molecular weight is 266 g/mol. The Bertz CT molecular complexity index is 342. The van der Waals surface area contributed by atoms with Crippen molar-refractivity contribution in [2.75, 3.05) is 13.2 Å². The number of aliphatic hydroxyl groups excluding tert-OH is 3. The fraction of sp³-hybridized carbons (Fsp3) is 0.800. The highest BCUT2D eigenvalue weighted by Gasteiger charge is 2.60. The molecule has 0 bridgehead atoms. The fourth-order valence-corrected chi connectivity index (χ4v) is 2.15. The van der Waals surface area contributed by atoms with Crippen LogP contribution in [0.2, 0.25) is 0 Å². The molecule has 2 rings (SSSR count). The molecule has 0 spiro atoms. The number of nitrogens with one attached hydrogen (secondary N) is 1. The Labute approximate surface area is 102 Å². The van der Waals surface area contributed by atoms with Gasteiger partial charge in [-0.25, -0.2) is 0 Å². The van der Waals surface area contributed by atoms with Crippen molar-refractivity contribution in [3.8, 4) is 0 Å². The zero-order valence-corrected chi connectivity index (χ0v) is 9.59. The van der Waals surface area contributed by atoms with Crippen molar-refractivity contribution >= 4 is 0 Å². The number of halogens is 2. The molecule has 2 aliphatic rings. The lowest BCUT2D eigenvalue weighted by molar-refractivity contribution is -0.167. The van der Waals surface area contributed by atoms with E-state index in [1.54, 1.807) is 0 Å². The molecule has 0 saturated carbocycles. The number of hydrogen-bond donors (Lipinski definition) is 4. The Balaban J connectivity index is 2.15. The van der Waals surface area contributed by atoms with Crippen LogP contribution in [0.25, 0.3) is 0 Å². The summed E-state index contributed by atoms with van der Waals surface area (Å²) in [7, 11) is 0. The molecule has 2 fully saturated rings. The normalized spacial score (nSPS) is 39.8. The van der Waals surface area contributed by atoms with E-state index in [1.165, 1.54) is 0 Å². The number of hydrogen-bond acceptors (Lipinski definition) is 6. The van der Waals surface area contributed by atoms with E-state index in [0.29, 0.717) is 0 Å². The summed E-state index contributed by atoms with van der Waals surface area (Å²) in [6.45, 7) is 2.96. The summed E-state index contributed by atoms with van der Waals surface area (Å²) in [6.07, 6.45) is -5.69. The highest BCUT2D eigenvalue weighted by molar-refractivity contribution is 5.05. The summed E-state index contributed by atoms with van der Waals surface area (Å²) in [5, 5.41) is 30.1. The van der Waals surface area contributed by atoms with Gasteiger partial charge in [0.1, 0.15) is 12.3 Å². The second-order valence-electron chi connectivity index (χ2n) is 4.42. The zero-order valence-electron chi connectivity index (χ0n) is 9.59. The maximum absolute atomic E-state index is 13.8. The van der Waals surface area contributed by atoms with Crippen LogP contribution in [-0.2, 0) is 4.74 Å². The van der Waals surface area contributed by atoms with Crippen LogP contribution >= 0.6 is 0 Å². The third kappa shape index (κ3) is 2.05. The molecule has 104 valence electrons. The second kappa shape index (κ2) is 4.61. The molecule has 0 aromatic rings. The predicted molar refractivity (Wildman–Crippen MR) is 56.3 cm³/mol. The number of alkyl halides is 2. The van der Waals surface area contributed by atoms with Gasteiger partial charge in [0.15, 0.2) is 12.3 Å².